The predicted octanol–water partition coefficient (Wildman–Crippen LogP) is 2.46. The molecule has 0 spiro atoms. The summed E-state index contributed by atoms with van der Waals surface area (Å²) in [7, 11) is 0. The van der Waals surface area contributed by atoms with Crippen molar-refractivity contribution in [3.63, 3.8) is 0 Å². The Hall–Kier alpha value is -1.33. The lowest BCUT2D eigenvalue weighted by Crippen LogP contribution is -2.13. The zero-order chi connectivity index (χ0) is 11.9. The van der Waals surface area contributed by atoms with Crippen molar-refractivity contribution < 1.29 is 0 Å². The van der Waals surface area contributed by atoms with Gasteiger partial charge in [-0.1, -0.05) is 30.8 Å². The topological polar surface area (TPSA) is 53.6 Å². The van der Waals surface area contributed by atoms with E-state index in [0.717, 1.165) is 18.2 Å². The van der Waals surface area contributed by atoms with Gasteiger partial charge in [-0.05, 0) is 30.7 Å². The first-order valence-corrected chi connectivity index (χ1v) is 6.53. The monoisotopic (exact) mass is 248 g/mol. The molecule has 0 unspecified atom stereocenters. The van der Waals surface area contributed by atoms with E-state index in [2.05, 4.69) is 51.7 Å². The van der Waals surface area contributed by atoms with Crippen molar-refractivity contribution in [2.24, 2.45) is 0 Å². The van der Waals surface area contributed by atoms with Gasteiger partial charge in [0.2, 0.25) is 0 Å². The third-order valence-electron chi connectivity index (χ3n) is 2.29. The molecule has 4 nitrogen and oxygen atoms in total. The standard InChI is InChI=1S/C12H16N4S/c1-2-7-13-8-10-3-5-11(6-4-10)17-12-14-9-15-16-12/h3-6,9,13H,2,7-8H2,1H3,(H,14,15,16). The summed E-state index contributed by atoms with van der Waals surface area (Å²) >= 11 is 1.58. The molecule has 1 aromatic heterocycles. The molecule has 0 radical (unpaired) electrons. The Morgan fingerprint density at radius 2 is 2.12 bits per heavy atom. The Morgan fingerprint density at radius 1 is 1.29 bits per heavy atom. The molecule has 1 aromatic carbocycles. The van der Waals surface area contributed by atoms with Gasteiger partial charge >= 0.3 is 0 Å². The van der Waals surface area contributed by atoms with Crippen molar-refractivity contribution in [1.29, 1.82) is 0 Å². The zero-order valence-electron chi connectivity index (χ0n) is 9.81. The smallest absolute Gasteiger partial charge is 0.188 e. The van der Waals surface area contributed by atoms with Crippen molar-refractivity contribution in [3.05, 3.63) is 36.2 Å². The Morgan fingerprint density at radius 3 is 2.76 bits per heavy atom. The molecule has 5 heteroatoms. The summed E-state index contributed by atoms with van der Waals surface area (Å²) < 4.78 is 0. The second kappa shape index (κ2) is 6.42. The minimum absolute atomic E-state index is 0.821. The quantitative estimate of drug-likeness (QED) is 0.771. The van der Waals surface area contributed by atoms with Gasteiger partial charge in [0, 0.05) is 11.4 Å². The molecule has 0 amide bonds. The summed E-state index contributed by atoms with van der Waals surface area (Å²) in [4.78, 5) is 5.25. The number of benzene rings is 1. The highest BCUT2D eigenvalue weighted by Gasteiger charge is 1.99. The van der Waals surface area contributed by atoms with Crippen LogP contribution in [0.25, 0.3) is 0 Å². The fraction of sp³-hybridized carbons (Fsp3) is 0.333. The van der Waals surface area contributed by atoms with Gasteiger partial charge in [0.1, 0.15) is 6.33 Å². The second-order valence-corrected chi connectivity index (χ2v) is 4.78. The minimum Gasteiger partial charge on any atom is -0.313 e. The van der Waals surface area contributed by atoms with Crippen molar-refractivity contribution in [1.82, 2.24) is 20.5 Å². The fourth-order valence-corrected chi connectivity index (χ4v) is 2.13. The average molecular weight is 248 g/mol. The van der Waals surface area contributed by atoms with Gasteiger partial charge in [-0.15, -0.1) is 0 Å². The van der Waals surface area contributed by atoms with Crippen LogP contribution in [0.5, 0.6) is 0 Å². The van der Waals surface area contributed by atoms with E-state index in [4.69, 9.17) is 0 Å². The van der Waals surface area contributed by atoms with Gasteiger partial charge in [-0.2, -0.15) is 5.10 Å². The molecule has 0 saturated heterocycles. The molecule has 0 aliphatic carbocycles. The maximum absolute atomic E-state index is 4.08. The van der Waals surface area contributed by atoms with E-state index in [1.54, 1.807) is 11.8 Å². The van der Waals surface area contributed by atoms with E-state index in [9.17, 15) is 0 Å². The Bertz CT molecular complexity index is 424. The van der Waals surface area contributed by atoms with Gasteiger partial charge in [0.15, 0.2) is 5.16 Å². The molecule has 17 heavy (non-hydrogen) atoms. The van der Waals surface area contributed by atoms with Crippen LogP contribution >= 0.6 is 11.8 Å². The van der Waals surface area contributed by atoms with Gasteiger partial charge in [-0.3, -0.25) is 5.10 Å². The van der Waals surface area contributed by atoms with Crippen LogP contribution in [-0.4, -0.2) is 21.7 Å². The predicted molar refractivity (Wildman–Crippen MR) is 68.9 cm³/mol. The lowest BCUT2D eigenvalue weighted by molar-refractivity contribution is 0.675. The summed E-state index contributed by atoms with van der Waals surface area (Å²) in [5, 5.41) is 10.9. The van der Waals surface area contributed by atoms with Crippen molar-refractivity contribution >= 4 is 11.8 Å². The Balaban J connectivity index is 1.89. The fourth-order valence-electron chi connectivity index (χ4n) is 1.44. The van der Waals surface area contributed by atoms with Crippen LogP contribution in [0, 0.1) is 0 Å². The number of hydrogen-bond acceptors (Lipinski definition) is 4. The molecule has 0 atom stereocenters. The van der Waals surface area contributed by atoms with E-state index in [0.29, 0.717) is 0 Å². The van der Waals surface area contributed by atoms with Gasteiger partial charge in [-0.25, -0.2) is 4.98 Å². The lowest BCUT2D eigenvalue weighted by Gasteiger charge is -2.04. The number of aromatic nitrogens is 3. The van der Waals surface area contributed by atoms with E-state index < -0.39 is 0 Å². The molecule has 0 saturated carbocycles. The highest BCUT2D eigenvalue weighted by atomic mass is 32.2. The third-order valence-corrected chi connectivity index (χ3v) is 3.18. The molecule has 2 aromatic rings. The van der Waals surface area contributed by atoms with Crippen molar-refractivity contribution in [2.45, 2.75) is 29.9 Å². The van der Waals surface area contributed by atoms with E-state index in [1.807, 2.05) is 0 Å². The largest absolute Gasteiger partial charge is 0.313 e. The lowest BCUT2D eigenvalue weighted by atomic mass is 10.2. The summed E-state index contributed by atoms with van der Waals surface area (Å²) in [5.41, 5.74) is 1.31. The number of rotatable bonds is 6. The van der Waals surface area contributed by atoms with Crippen LogP contribution in [0.15, 0.2) is 40.6 Å². The molecule has 0 fully saturated rings. The maximum Gasteiger partial charge on any atom is 0.188 e. The molecule has 2 rings (SSSR count). The highest BCUT2D eigenvalue weighted by molar-refractivity contribution is 7.99. The van der Waals surface area contributed by atoms with Crippen LogP contribution < -0.4 is 5.32 Å². The third kappa shape index (κ3) is 3.87. The van der Waals surface area contributed by atoms with E-state index in [1.165, 1.54) is 23.2 Å². The van der Waals surface area contributed by atoms with Crippen molar-refractivity contribution in [3.8, 4) is 0 Å². The summed E-state index contributed by atoms with van der Waals surface area (Å²) in [5.74, 6) is 0. The first-order chi connectivity index (χ1) is 8.38. The molecular weight excluding hydrogens is 232 g/mol. The normalized spacial score (nSPS) is 10.6. The molecule has 0 aliphatic rings. The van der Waals surface area contributed by atoms with E-state index in [-0.39, 0.29) is 0 Å². The Labute approximate surface area is 105 Å². The molecule has 0 aliphatic heterocycles. The number of aromatic amines is 1. The number of hydrogen-bond donors (Lipinski definition) is 2. The van der Waals surface area contributed by atoms with Gasteiger partial charge < -0.3 is 5.32 Å². The summed E-state index contributed by atoms with van der Waals surface area (Å²) in [6, 6.07) is 8.50. The zero-order valence-corrected chi connectivity index (χ0v) is 10.6. The number of H-pyrrole nitrogens is 1. The molecule has 90 valence electrons. The maximum atomic E-state index is 4.08. The summed E-state index contributed by atoms with van der Waals surface area (Å²) in [6.07, 6.45) is 2.69. The minimum atomic E-state index is 0.821. The van der Waals surface area contributed by atoms with E-state index >= 15 is 0 Å². The van der Waals surface area contributed by atoms with Crippen LogP contribution in [0.3, 0.4) is 0 Å². The van der Waals surface area contributed by atoms with Crippen LogP contribution in [0.4, 0.5) is 0 Å². The average Bonchev–Trinajstić information content (AvgIpc) is 2.85. The van der Waals surface area contributed by atoms with Crippen LogP contribution in [0.2, 0.25) is 0 Å². The molecular formula is C12H16N4S. The molecule has 1 heterocycles. The molecule has 2 N–H and O–H groups in total. The van der Waals surface area contributed by atoms with Gasteiger partial charge in [0.05, 0.1) is 0 Å². The van der Waals surface area contributed by atoms with Gasteiger partial charge in [0.25, 0.3) is 0 Å². The molecule has 0 bridgehead atoms. The number of nitrogens with zero attached hydrogens (tertiary/aromatic N) is 2. The van der Waals surface area contributed by atoms with Crippen molar-refractivity contribution in [2.75, 3.05) is 6.54 Å². The highest BCUT2D eigenvalue weighted by Crippen LogP contribution is 2.23. The Kier molecular flexibility index (Phi) is 4.58. The SMILES string of the molecule is CCCNCc1ccc(Sc2ncn[nH]2)cc1. The summed E-state index contributed by atoms with van der Waals surface area (Å²) in [6.45, 7) is 4.17. The van der Waals surface area contributed by atoms with Crippen LogP contribution in [-0.2, 0) is 6.54 Å². The van der Waals surface area contributed by atoms with Crippen LogP contribution in [0.1, 0.15) is 18.9 Å². The first-order valence-electron chi connectivity index (χ1n) is 5.71. The first kappa shape index (κ1) is 12.1. The second-order valence-electron chi connectivity index (χ2n) is 3.71. The number of nitrogens with one attached hydrogen (secondary N) is 2.